The molecule has 72 heavy (non-hydrogen) atoms. The van der Waals surface area contributed by atoms with Crippen LogP contribution in [0.2, 0.25) is 0 Å². The Balaban J connectivity index is 1.21. The van der Waals surface area contributed by atoms with Crippen LogP contribution in [0.3, 0.4) is 0 Å². The van der Waals surface area contributed by atoms with Gasteiger partial charge in [-0.25, -0.2) is 9.59 Å². The van der Waals surface area contributed by atoms with Gasteiger partial charge < -0.3 is 67.5 Å². The van der Waals surface area contributed by atoms with E-state index in [1.54, 1.807) is 30.3 Å². The van der Waals surface area contributed by atoms with Gasteiger partial charge in [0.05, 0.1) is 12.7 Å². The van der Waals surface area contributed by atoms with Gasteiger partial charge in [-0.1, -0.05) is 91.5 Å². The second-order valence-electron chi connectivity index (χ2n) is 17.3. The molecule has 386 valence electrons. The Morgan fingerprint density at radius 3 is 1.90 bits per heavy atom. The number of nitrogens with one attached hydrogen (secondary N) is 2. The Hall–Kier alpha value is -6.75. The van der Waals surface area contributed by atoms with Crippen LogP contribution >= 0.6 is 0 Å². The second kappa shape index (κ2) is 24.1. The van der Waals surface area contributed by atoms with E-state index in [4.69, 9.17) is 56.8 Å². The third kappa shape index (κ3) is 12.8. The molecule has 1 aliphatic carbocycles. The van der Waals surface area contributed by atoms with Crippen LogP contribution in [0.25, 0.3) is 11.1 Å². The van der Waals surface area contributed by atoms with Gasteiger partial charge in [0.1, 0.15) is 50.3 Å². The van der Waals surface area contributed by atoms with E-state index in [2.05, 4.69) is 17.2 Å². The number of carbonyl (C=O) groups excluding carboxylic acids is 7. The van der Waals surface area contributed by atoms with Crippen molar-refractivity contribution in [3.63, 3.8) is 0 Å². The fourth-order valence-corrected chi connectivity index (χ4v) is 9.13. The second-order valence-corrected chi connectivity index (χ2v) is 17.3. The number of hydrogen-bond donors (Lipinski definition) is 2. The lowest BCUT2D eigenvalue weighted by Crippen LogP contribution is -2.70. The maximum Gasteiger partial charge on any atom is 0.407 e. The van der Waals surface area contributed by atoms with Gasteiger partial charge in [-0.3, -0.25) is 24.0 Å². The minimum absolute atomic E-state index is 0.0782. The van der Waals surface area contributed by atoms with Crippen LogP contribution in [0.4, 0.5) is 4.79 Å². The average Bonchev–Trinajstić information content (AvgIpc) is 3.66. The highest BCUT2D eigenvalue weighted by Gasteiger charge is 2.58. The molecule has 0 radical (unpaired) electrons. The number of carbonyl (C=O) groups is 7. The molecule has 0 saturated carbocycles. The van der Waals surface area contributed by atoms with Crippen LogP contribution in [0.5, 0.6) is 0 Å². The number of benzene rings is 3. The van der Waals surface area contributed by atoms with Gasteiger partial charge in [-0.2, -0.15) is 0 Å². The summed E-state index contributed by atoms with van der Waals surface area (Å²) in [6, 6.07) is 21.5. The largest absolute Gasteiger partial charge is 0.463 e. The van der Waals surface area contributed by atoms with E-state index in [0.717, 1.165) is 49.9 Å². The van der Waals surface area contributed by atoms with Crippen molar-refractivity contribution in [2.75, 3.05) is 26.4 Å². The Morgan fingerprint density at radius 1 is 0.681 bits per heavy atom. The van der Waals surface area contributed by atoms with Crippen molar-refractivity contribution >= 4 is 41.8 Å². The summed E-state index contributed by atoms with van der Waals surface area (Å²) < 4.78 is 72.1. The van der Waals surface area contributed by atoms with Crippen molar-refractivity contribution in [3.05, 3.63) is 108 Å². The first-order valence-electron chi connectivity index (χ1n) is 23.3. The van der Waals surface area contributed by atoms with Crippen LogP contribution in [0.15, 0.2) is 91.5 Å². The summed E-state index contributed by atoms with van der Waals surface area (Å²) in [5, 5.41) is 5.38. The van der Waals surface area contributed by atoms with Gasteiger partial charge in [0, 0.05) is 46.1 Å². The number of hydrogen-bond acceptors (Lipinski definition) is 19. The van der Waals surface area contributed by atoms with Gasteiger partial charge in [0.2, 0.25) is 5.91 Å². The summed E-state index contributed by atoms with van der Waals surface area (Å²) in [7, 11) is 0. The molecule has 2 amide bonds. The van der Waals surface area contributed by atoms with Crippen LogP contribution in [0, 0.1) is 0 Å². The molecule has 0 aromatic heterocycles. The lowest BCUT2D eigenvalue weighted by Gasteiger charge is -2.52. The quantitative estimate of drug-likeness (QED) is 0.104. The molecule has 7 rings (SSSR count). The highest BCUT2D eigenvalue weighted by molar-refractivity contribution is 5.83. The van der Waals surface area contributed by atoms with E-state index in [9.17, 15) is 33.6 Å². The topological polar surface area (TPSA) is 254 Å². The number of amides is 2. The van der Waals surface area contributed by atoms with E-state index in [1.807, 2.05) is 48.5 Å². The van der Waals surface area contributed by atoms with E-state index in [0.29, 0.717) is 5.56 Å². The lowest BCUT2D eigenvalue weighted by molar-refractivity contribution is -0.381. The summed E-state index contributed by atoms with van der Waals surface area (Å²) in [5.41, 5.74) is 4.56. The molecule has 3 aliphatic heterocycles. The molecule has 21 heteroatoms. The molecule has 21 nitrogen and oxygen atoms in total. The Bertz CT molecular complexity index is 2410. The van der Waals surface area contributed by atoms with Gasteiger partial charge in [-0.05, 0) is 29.2 Å². The van der Waals surface area contributed by atoms with Crippen LogP contribution in [0.1, 0.15) is 70.4 Å². The predicted molar refractivity (Wildman–Crippen MR) is 247 cm³/mol. The predicted octanol–water partition coefficient (Wildman–Crippen LogP) is 3.84. The maximum absolute atomic E-state index is 13.8. The Kier molecular flexibility index (Phi) is 17.8. The highest BCUT2D eigenvalue weighted by atomic mass is 16.8. The molecule has 3 aromatic carbocycles. The first-order valence-corrected chi connectivity index (χ1v) is 23.3. The summed E-state index contributed by atoms with van der Waals surface area (Å²) in [6.07, 6.45) is -15.2. The fourth-order valence-electron chi connectivity index (χ4n) is 9.13. The number of ether oxygens (including phenoxy) is 12. The zero-order valence-corrected chi connectivity index (χ0v) is 40.5. The van der Waals surface area contributed by atoms with E-state index < -0.39 is 128 Å². The van der Waals surface area contributed by atoms with Gasteiger partial charge in [0.15, 0.2) is 43.2 Å². The summed E-state index contributed by atoms with van der Waals surface area (Å²) in [6.45, 7) is 9.62. The minimum atomic E-state index is -1.76. The number of rotatable bonds is 18. The minimum Gasteiger partial charge on any atom is -0.463 e. The van der Waals surface area contributed by atoms with Crippen LogP contribution in [-0.4, -0.2) is 142 Å². The van der Waals surface area contributed by atoms with Gasteiger partial charge in [0.25, 0.3) is 0 Å². The van der Waals surface area contributed by atoms with Crippen molar-refractivity contribution in [2.45, 2.75) is 127 Å². The molecule has 13 unspecified atom stereocenters. The first-order chi connectivity index (χ1) is 34.5. The Labute approximate surface area is 414 Å². The van der Waals surface area contributed by atoms with Crippen LogP contribution in [-0.2, 0) is 85.6 Å². The smallest absolute Gasteiger partial charge is 0.407 e. The molecule has 0 spiro atoms. The molecule has 4 aliphatic rings. The van der Waals surface area contributed by atoms with Crippen LogP contribution < -0.4 is 10.6 Å². The molecule has 3 aromatic rings. The normalized spacial score (nSPS) is 27.2. The van der Waals surface area contributed by atoms with Crippen molar-refractivity contribution in [1.29, 1.82) is 0 Å². The summed E-state index contributed by atoms with van der Waals surface area (Å²) >= 11 is 0. The summed E-state index contributed by atoms with van der Waals surface area (Å²) in [4.78, 5) is 90.8. The molecule has 2 N–H and O–H groups in total. The zero-order chi connectivity index (χ0) is 51.6. The van der Waals surface area contributed by atoms with Gasteiger partial charge in [-0.15, -0.1) is 0 Å². The molecule has 13 atom stereocenters. The monoisotopic (exact) mass is 1000 g/mol. The highest BCUT2D eigenvalue weighted by Crippen LogP contribution is 2.45. The number of fused-ring (bicyclic) bond motifs is 4. The summed E-state index contributed by atoms with van der Waals surface area (Å²) in [5.74, 6) is -5.20. The third-order valence-electron chi connectivity index (χ3n) is 12.1. The van der Waals surface area contributed by atoms with Crippen molar-refractivity contribution in [3.8, 4) is 11.1 Å². The average molecular weight is 1000 g/mol. The molecular weight excluding hydrogens is 945 g/mol. The Morgan fingerprint density at radius 2 is 1.29 bits per heavy atom. The van der Waals surface area contributed by atoms with Crippen molar-refractivity contribution in [2.24, 2.45) is 0 Å². The van der Waals surface area contributed by atoms with E-state index in [1.165, 1.54) is 19.9 Å². The first kappa shape index (κ1) is 53.1. The SMILES string of the molecule is C=CCOC(=O)C(NC(=O)OCC1c2ccccc2-c2ccccc21)C(C)OC1OC2COC(c3ccccc3)OC2C(OC2OC(COC(C)=O)C(OC(C)=O)C(OC(C)=O)C2OC(C)=O)C1NC(C)=O. The molecule has 3 fully saturated rings. The van der Waals surface area contributed by atoms with Gasteiger partial charge >= 0.3 is 35.9 Å². The van der Waals surface area contributed by atoms with Crippen molar-refractivity contribution in [1.82, 2.24) is 10.6 Å². The standard InChI is InChI=1S/C51H58N2O19/c1-8-22-61-47(59)40(53-51(60)64-23-37-35-20-14-12-18-33(35)34-19-13-15-21-36(34)37)26(2)65-49-41(52-27(3)54)44(42-39(69-49)25-63-48(71-42)32-16-10-9-11-17-32)72-50-46(68-31(7)58)45(67-30(6)57)43(66-29(5)56)38(70-50)24-62-28(4)55/h8-21,26,37-46,48-50H,1,22-25H2,2-7H3,(H,52,54)(H,53,60). The van der Waals surface area contributed by atoms with Crippen molar-refractivity contribution < 1.29 is 90.4 Å². The fraction of sp³-hybridized carbons (Fsp3) is 0.471. The van der Waals surface area contributed by atoms with E-state index >= 15 is 0 Å². The molecule has 0 bridgehead atoms. The maximum atomic E-state index is 13.8. The molecule has 3 heterocycles. The lowest BCUT2D eigenvalue weighted by atomic mass is 9.94. The zero-order valence-electron chi connectivity index (χ0n) is 40.5. The number of esters is 5. The van der Waals surface area contributed by atoms with E-state index in [-0.39, 0.29) is 25.7 Å². The molecular formula is C51H58N2O19. The molecule has 3 saturated heterocycles. The number of alkyl carbamates (subject to hydrolysis) is 1. The third-order valence-corrected chi connectivity index (χ3v) is 12.1.